The number of aliphatic imine (C=N–C) groups is 1. The Hall–Kier alpha value is -2.09. The van der Waals surface area contributed by atoms with Gasteiger partial charge in [0.25, 0.3) is 0 Å². The fourth-order valence-corrected chi connectivity index (χ4v) is 5.58. The number of nitrogens with zero attached hydrogens (tertiary/aromatic N) is 2. The molecule has 1 aromatic carbocycles. The van der Waals surface area contributed by atoms with Crippen LogP contribution in [0.2, 0.25) is 0 Å². The van der Waals surface area contributed by atoms with Crippen LogP contribution in [0.5, 0.6) is 0 Å². The van der Waals surface area contributed by atoms with Crippen LogP contribution in [0, 0.1) is 5.92 Å². The number of rotatable bonds is 5. The third-order valence-electron chi connectivity index (χ3n) is 5.54. The first kappa shape index (κ1) is 20.6. The van der Waals surface area contributed by atoms with Gasteiger partial charge in [-0.3, -0.25) is 9.79 Å². The first-order chi connectivity index (χ1) is 13.4. The van der Waals surface area contributed by atoms with Gasteiger partial charge in [0.05, 0.1) is 18.1 Å². The highest BCUT2D eigenvalue weighted by Crippen LogP contribution is 2.21. The highest BCUT2D eigenvalue weighted by molar-refractivity contribution is 7.91. The lowest BCUT2D eigenvalue weighted by molar-refractivity contribution is -0.131. The molecule has 0 saturated carbocycles. The van der Waals surface area contributed by atoms with Crippen molar-refractivity contribution >= 4 is 21.7 Å². The summed E-state index contributed by atoms with van der Waals surface area (Å²) in [5.41, 5.74) is 1.36. The molecular weight excluding hydrogens is 376 g/mol. The third kappa shape index (κ3) is 5.95. The molecule has 0 aromatic heterocycles. The van der Waals surface area contributed by atoms with E-state index in [9.17, 15) is 13.2 Å². The lowest BCUT2D eigenvalue weighted by Crippen LogP contribution is -2.49. The van der Waals surface area contributed by atoms with Crippen LogP contribution in [0.25, 0.3) is 0 Å². The molecule has 2 aliphatic rings. The van der Waals surface area contributed by atoms with Crippen LogP contribution < -0.4 is 10.6 Å². The van der Waals surface area contributed by atoms with Crippen LogP contribution in [-0.4, -0.2) is 69.4 Å². The van der Waals surface area contributed by atoms with Crippen molar-refractivity contribution in [1.29, 1.82) is 0 Å². The number of piperidine rings is 1. The predicted molar refractivity (Wildman–Crippen MR) is 111 cm³/mol. The van der Waals surface area contributed by atoms with Crippen LogP contribution in [0.4, 0.5) is 0 Å². The van der Waals surface area contributed by atoms with Gasteiger partial charge in [-0.2, -0.15) is 0 Å². The number of amides is 1. The van der Waals surface area contributed by atoms with Crippen LogP contribution >= 0.6 is 0 Å². The van der Waals surface area contributed by atoms with Gasteiger partial charge in [-0.25, -0.2) is 8.42 Å². The average Bonchev–Trinajstić information content (AvgIpc) is 3.04. The fraction of sp³-hybridized carbons (Fsp3) is 0.600. The molecule has 2 N–H and O–H groups in total. The first-order valence-electron chi connectivity index (χ1n) is 9.94. The Morgan fingerprint density at radius 2 is 1.89 bits per heavy atom. The van der Waals surface area contributed by atoms with Gasteiger partial charge in [-0.1, -0.05) is 30.3 Å². The van der Waals surface area contributed by atoms with Gasteiger partial charge in [-0.05, 0) is 37.2 Å². The molecule has 154 valence electrons. The first-order valence-corrected chi connectivity index (χ1v) is 11.8. The summed E-state index contributed by atoms with van der Waals surface area (Å²) in [4.78, 5) is 18.5. The number of carbonyl (C=O) groups excluding carboxylic acids is 1. The van der Waals surface area contributed by atoms with E-state index in [0.29, 0.717) is 18.3 Å². The molecule has 0 aliphatic carbocycles. The van der Waals surface area contributed by atoms with Crippen molar-refractivity contribution in [1.82, 2.24) is 15.5 Å². The van der Waals surface area contributed by atoms with Crippen LogP contribution in [0.1, 0.15) is 24.8 Å². The Labute approximate surface area is 167 Å². The minimum atomic E-state index is -2.95. The molecule has 3 rings (SSSR count). The maximum absolute atomic E-state index is 12.5. The van der Waals surface area contributed by atoms with Crippen molar-refractivity contribution in [2.24, 2.45) is 10.9 Å². The topological polar surface area (TPSA) is 90.9 Å². The van der Waals surface area contributed by atoms with Crippen LogP contribution in [0.3, 0.4) is 0 Å². The van der Waals surface area contributed by atoms with Crippen molar-refractivity contribution in [3.05, 3.63) is 35.9 Å². The Morgan fingerprint density at radius 1 is 1.18 bits per heavy atom. The van der Waals surface area contributed by atoms with Crippen molar-refractivity contribution in [2.75, 3.05) is 38.2 Å². The predicted octanol–water partition coefficient (Wildman–Crippen LogP) is 0.820. The quantitative estimate of drug-likeness (QED) is 0.558. The zero-order chi connectivity index (χ0) is 20.0. The average molecular weight is 407 g/mol. The molecule has 0 bridgehead atoms. The summed E-state index contributed by atoms with van der Waals surface area (Å²) in [5.74, 6) is 1.49. The van der Waals surface area contributed by atoms with Gasteiger partial charge in [0.15, 0.2) is 15.8 Å². The van der Waals surface area contributed by atoms with E-state index in [-0.39, 0.29) is 30.0 Å². The van der Waals surface area contributed by atoms with E-state index in [1.54, 1.807) is 7.05 Å². The largest absolute Gasteiger partial charge is 0.353 e. The monoisotopic (exact) mass is 406 g/mol. The van der Waals surface area contributed by atoms with Gasteiger partial charge in [0.1, 0.15) is 0 Å². The molecule has 7 nitrogen and oxygen atoms in total. The second-order valence-electron chi connectivity index (χ2n) is 7.68. The second kappa shape index (κ2) is 9.41. The van der Waals surface area contributed by atoms with Gasteiger partial charge < -0.3 is 15.5 Å². The Balaban J connectivity index is 1.39. The number of benzene rings is 1. The summed E-state index contributed by atoms with van der Waals surface area (Å²) < 4.78 is 23.1. The van der Waals surface area contributed by atoms with Crippen molar-refractivity contribution in [2.45, 2.75) is 31.7 Å². The van der Waals surface area contributed by atoms with Crippen LogP contribution in [0.15, 0.2) is 35.3 Å². The SMILES string of the molecule is CN=C(NCC(=O)N1CCC(Cc2ccccc2)CC1)NC1CCS(=O)(=O)C1. The molecule has 2 heterocycles. The van der Waals surface area contributed by atoms with E-state index in [1.807, 2.05) is 11.0 Å². The fourth-order valence-electron chi connectivity index (χ4n) is 3.90. The number of guanidine groups is 1. The molecule has 1 unspecified atom stereocenters. The molecule has 0 spiro atoms. The van der Waals surface area contributed by atoms with E-state index in [0.717, 1.165) is 32.4 Å². The smallest absolute Gasteiger partial charge is 0.241 e. The van der Waals surface area contributed by atoms with Gasteiger partial charge in [0.2, 0.25) is 5.91 Å². The van der Waals surface area contributed by atoms with Gasteiger partial charge >= 0.3 is 0 Å². The molecule has 8 heteroatoms. The van der Waals surface area contributed by atoms with E-state index < -0.39 is 9.84 Å². The molecule has 2 fully saturated rings. The summed E-state index contributed by atoms with van der Waals surface area (Å²) in [6.07, 6.45) is 3.69. The molecule has 1 amide bonds. The number of hydrogen-bond acceptors (Lipinski definition) is 4. The minimum Gasteiger partial charge on any atom is -0.353 e. The molecule has 1 atom stereocenters. The van der Waals surface area contributed by atoms with E-state index in [1.165, 1.54) is 5.56 Å². The summed E-state index contributed by atoms with van der Waals surface area (Å²) in [6, 6.07) is 10.4. The van der Waals surface area contributed by atoms with E-state index in [4.69, 9.17) is 0 Å². The Kier molecular flexibility index (Phi) is 6.93. The highest BCUT2D eigenvalue weighted by Gasteiger charge is 2.28. The normalized spacial score (nSPS) is 22.8. The third-order valence-corrected chi connectivity index (χ3v) is 7.31. The van der Waals surface area contributed by atoms with Crippen molar-refractivity contribution < 1.29 is 13.2 Å². The summed E-state index contributed by atoms with van der Waals surface area (Å²) in [7, 11) is -1.32. The molecular formula is C20H30N4O3S. The molecule has 1 aromatic rings. The number of nitrogens with one attached hydrogen (secondary N) is 2. The number of carbonyl (C=O) groups is 1. The highest BCUT2D eigenvalue weighted by atomic mass is 32.2. The minimum absolute atomic E-state index is 0.0557. The zero-order valence-corrected chi connectivity index (χ0v) is 17.2. The number of likely N-dealkylation sites (tertiary alicyclic amines) is 1. The Bertz CT molecular complexity index is 787. The van der Waals surface area contributed by atoms with Crippen molar-refractivity contribution in [3.8, 4) is 0 Å². The Morgan fingerprint density at radius 3 is 2.50 bits per heavy atom. The molecule has 28 heavy (non-hydrogen) atoms. The van der Waals surface area contributed by atoms with Crippen LogP contribution in [-0.2, 0) is 21.1 Å². The summed E-state index contributed by atoms with van der Waals surface area (Å²) >= 11 is 0. The van der Waals surface area contributed by atoms with Gasteiger partial charge in [-0.15, -0.1) is 0 Å². The molecule has 2 saturated heterocycles. The van der Waals surface area contributed by atoms with E-state index in [2.05, 4.69) is 39.9 Å². The summed E-state index contributed by atoms with van der Waals surface area (Å²) in [5, 5.41) is 6.13. The standard InChI is InChI=1S/C20H30N4O3S/c1-21-20(23-18-9-12-28(26,27)15-18)22-14-19(25)24-10-7-17(8-11-24)13-16-5-3-2-4-6-16/h2-6,17-18H,7-15H2,1H3,(H2,21,22,23). The van der Waals surface area contributed by atoms with E-state index >= 15 is 0 Å². The maximum Gasteiger partial charge on any atom is 0.241 e. The maximum atomic E-state index is 12.5. The lowest BCUT2D eigenvalue weighted by atomic mass is 9.90. The summed E-state index contributed by atoms with van der Waals surface area (Å²) in [6.45, 7) is 1.73. The van der Waals surface area contributed by atoms with Gasteiger partial charge in [0, 0.05) is 26.2 Å². The number of sulfone groups is 1. The number of hydrogen-bond donors (Lipinski definition) is 2. The second-order valence-corrected chi connectivity index (χ2v) is 9.91. The lowest BCUT2D eigenvalue weighted by Gasteiger charge is -2.32. The zero-order valence-electron chi connectivity index (χ0n) is 16.4. The molecule has 2 aliphatic heterocycles. The molecule has 0 radical (unpaired) electrons. The van der Waals surface area contributed by atoms with Crippen molar-refractivity contribution in [3.63, 3.8) is 0 Å².